The first-order chi connectivity index (χ1) is 14.3. The van der Waals surface area contributed by atoms with E-state index in [4.69, 9.17) is 23.2 Å². The lowest BCUT2D eigenvalue weighted by molar-refractivity contribution is 0.592. The number of hydrogen-bond donors (Lipinski definition) is 1. The van der Waals surface area contributed by atoms with Crippen LogP contribution in [0.5, 0.6) is 0 Å². The van der Waals surface area contributed by atoms with Crippen molar-refractivity contribution in [2.24, 2.45) is 0 Å². The van der Waals surface area contributed by atoms with Gasteiger partial charge in [-0.3, -0.25) is 0 Å². The Morgan fingerprint density at radius 3 is 1.90 bits per heavy atom. The predicted molar refractivity (Wildman–Crippen MR) is 121 cm³/mol. The molecule has 0 saturated carbocycles. The molecular weight excluding hydrogens is 441 g/mol. The largest absolute Gasteiger partial charge is 0.276 e. The van der Waals surface area contributed by atoms with Crippen LogP contribution in [0.3, 0.4) is 0 Å². The summed E-state index contributed by atoms with van der Waals surface area (Å²) in [6, 6.07) is 22.5. The van der Waals surface area contributed by atoms with E-state index in [1.54, 1.807) is 42.5 Å². The standard InChI is InChI=1S/C22H17Cl2N3O2S/c1-15-21(16-7-11-18(23)12-8-16)25-27(22(15)17-9-13-19(24)14-10-17)26-30(28,29)20-5-3-2-4-6-20/h2-14,26H,1H3. The number of sulfonamides is 1. The summed E-state index contributed by atoms with van der Waals surface area (Å²) < 4.78 is 25.9. The molecule has 0 aliphatic heterocycles. The summed E-state index contributed by atoms with van der Waals surface area (Å²) in [6.45, 7) is 1.90. The van der Waals surface area contributed by atoms with Gasteiger partial charge in [0.1, 0.15) is 0 Å². The molecule has 5 nitrogen and oxygen atoms in total. The third-order valence-corrected chi connectivity index (χ3v) is 6.43. The van der Waals surface area contributed by atoms with Crippen molar-refractivity contribution < 1.29 is 8.42 Å². The summed E-state index contributed by atoms with van der Waals surface area (Å²) in [5.41, 5.74) is 3.68. The zero-order chi connectivity index (χ0) is 21.3. The van der Waals surface area contributed by atoms with Crippen LogP contribution in [0.4, 0.5) is 0 Å². The van der Waals surface area contributed by atoms with Gasteiger partial charge in [0.25, 0.3) is 10.0 Å². The lowest BCUT2D eigenvalue weighted by Crippen LogP contribution is -2.25. The van der Waals surface area contributed by atoms with Crippen LogP contribution in [-0.4, -0.2) is 18.3 Å². The van der Waals surface area contributed by atoms with Crippen LogP contribution < -0.4 is 4.83 Å². The van der Waals surface area contributed by atoms with Gasteiger partial charge in [0.2, 0.25) is 0 Å². The van der Waals surface area contributed by atoms with E-state index in [1.807, 2.05) is 31.2 Å². The summed E-state index contributed by atoms with van der Waals surface area (Å²) in [6.07, 6.45) is 0. The van der Waals surface area contributed by atoms with Gasteiger partial charge in [-0.2, -0.15) is 23.1 Å². The summed E-state index contributed by atoms with van der Waals surface area (Å²) in [7, 11) is -3.84. The lowest BCUT2D eigenvalue weighted by atomic mass is 10.0. The van der Waals surface area contributed by atoms with Crippen LogP contribution in [0.25, 0.3) is 22.5 Å². The Bertz CT molecular complexity index is 1280. The quantitative estimate of drug-likeness (QED) is 0.413. The van der Waals surface area contributed by atoms with Crippen LogP contribution in [0.15, 0.2) is 83.8 Å². The maximum atomic E-state index is 12.9. The van der Waals surface area contributed by atoms with E-state index in [-0.39, 0.29) is 4.90 Å². The Kier molecular flexibility index (Phi) is 5.56. The average Bonchev–Trinajstić information content (AvgIpc) is 3.05. The minimum atomic E-state index is -3.84. The lowest BCUT2D eigenvalue weighted by Gasteiger charge is -2.12. The van der Waals surface area contributed by atoms with E-state index in [0.29, 0.717) is 21.4 Å². The molecule has 0 saturated heterocycles. The smallest absolute Gasteiger partial charge is 0.200 e. The molecule has 0 amide bonds. The van der Waals surface area contributed by atoms with E-state index < -0.39 is 10.0 Å². The molecule has 3 aromatic carbocycles. The number of nitrogens with zero attached hydrogens (tertiary/aromatic N) is 2. The van der Waals surface area contributed by atoms with Crippen LogP contribution in [0.1, 0.15) is 5.56 Å². The molecule has 152 valence electrons. The fourth-order valence-electron chi connectivity index (χ4n) is 3.16. The first kappa shape index (κ1) is 20.5. The second-order valence-corrected chi connectivity index (χ2v) is 9.19. The summed E-state index contributed by atoms with van der Waals surface area (Å²) >= 11 is 12.0. The zero-order valence-corrected chi connectivity index (χ0v) is 18.2. The SMILES string of the molecule is Cc1c(-c2ccc(Cl)cc2)nn(NS(=O)(=O)c2ccccc2)c1-c1ccc(Cl)cc1. The van der Waals surface area contributed by atoms with Gasteiger partial charge < -0.3 is 0 Å². The second-order valence-electron chi connectivity index (χ2n) is 6.66. The minimum Gasteiger partial charge on any atom is -0.200 e. The molecule has 0 atom stereocenters. The first-order valence-electron chi connectivity index (χ1n) is 9.04. The maximum absolute atomic E-state index is 12.9. The van der Waals surface area contributed by atoms with Crippen LogP contribution >= 0.6 is 23.2 Å². The number of aromatic nitrogens is 2. The maximum Gasteiger partial charge on any atom is 0.276 e. The van der Waals surface area contributed by atoms with E-state index in [0.717, 1.165) is 16.7 Å². The molecular formula is C22H17Cl2N3O2S. The van der Waals surface area contributed by atoms with Crippen molar-refractivity contribution in [2.75, 3.05) is 4.83 Å². The van der Waals surface area contributed by atoms with E-state index in [9.17, 15) is 8.42 Å². The van der Waals surface area contributed by atoms with Gasteiger partial charge in [-0.05, 0) is 43.3 Å². The van der Waals surface area contributed by atoms with Crippen LogP contribution in [0.2, 0.25) is 10.0 Å². The highest BCUT2D eigenvalue weighted by molar-refractivity contribution is 7.92. The highest BCUT2D eigenvalue weighted by Crippen LogP contribution is 2.32. The first-order valence-corrected chi connectivity index (χ1v) is 11.3. The van der Waals surface area contributed by atoms with Gasteiger partial charge in [-0.1, -0.05) is 65.7 Å². The van der Waals surface area contributed by atoms with Gasteiger partial charge in [0, 0.05) is 26.7 Å². The molecule has 0 aliphatic carbocycles. The average molecular weight is 458 g/mol. The van der Waals surface area contributed by atoms with Gasteiger partial charge >= 0.3 is 0 Å². The molecule has 4 rings (SSSR count). The minimum absolute atomic E-state index is 0.147. The monoisotopic (exact) mass is 457 g/mol. The molecule has 0 fully saturated rings. The van der Waals surface area contributed by atoms with Crippen molar-refractivity contribution in [3.05, 3.63) is 94.5 Å². The van der Waals surface area contributed by atoms with Gasteiger partial charge in [0.15, 0.2) is 0 Å². The Morgan fingerprint density at radius 2 is 1.33 bits per heavy atom. The van der Waals surface area contributed by atoms with Crippen molar-refractivity contribution >= 4 is 33.2 Å². The highest BCUT2D eigenvalue weighted by Gasteiger charge is 2.22. The third kappa shape index (κ3) is 4.07. The van der Waals surface area contributed by atoms with Crippen LogP contribution in [-0.2, 0) is 10.0 Å². The van der Waals surface area contributed by atoms with Gasteiger partial charge in [-0.25, -0.2) is 0 Å². The molecule has 1 heterocycles. The molecule has 0 bridgehead atoms. The topological polar surface area (TPSA) is 64.0 Å². The summed E-state index contributed by atoms with van der Waals surface area (Å²) in [4.78, 5) is 4.02. The van der Waals surface area contributed by atoms with E-state index in [2.05, 4.69) is 9.93 Å². The Labute approximate surface area is 184 Å². The number of nitrogens with one attached hydrogen (secondary N) is 1. The summed E-state index contributed by atoms with van der Waals surface area (Å²) in [5, 5.41) is 5.77. The molecule has 0 unspecified atom stereocenters. The van der Waals surface area contributed by atoms with Gasteiger partial charge in [0.05, 0.1) is 16.3 Å². The fraction of sp³-hybridized carbons (Fsp3) is 0.0455. The number of hydrogen-bond acceptors (Lipinski definition) is 3. The van der Waals surface area contributed by atoms with E-state index >= 15 is 0 Å². The molecule has 1 N–H and O–H groups in total. The van der Waals surface area contributed by atoms with Crippen molar-refractivity contribution in [2.45, 2.75) is 11.8 Å². The van der Waals surface area contributed by atoms with Crippen molar-refractivity contribution in [1.29, 1.82) is 0 Å². The molecule has 4 aromatic rings. The second kappa shape index (κ2) is 8.14. The molecule has 1 aromatic heterocycles. The fourth-order valence-corrected chi connectivity index (χ4v) is 4.39. The molecule has 0 spiro atoms. The highest BCUT2D eigenvalue weighted by atomic mass is 35.5. The van der Waals surface area contributed by atoms with Crippen molar-refractivity contribution in [3.63, 3.8) is 0 Å². The van der Waals surface area contributed by atoms with E-state index in [1.165, 1.54) is 16.9 Å². The molecule has 0 aliphatic rings. The Balaban J connectivity index is 1.87. The Morgan fingerprint density at radius 1 is 0.800 bits per heavy atom. The van der Waals surface area contributed by atoms with Crippen LogP contribution in [0, 0.1) is 6.92 Å². The zero-order valence-electron chi connectivity index (χ0n) is 15.9. The normalized spacial score (nSPS) is 11.4. The third-order valence-electron chi connectivity index (χ3n) is 4.62. The predicted octanol–water partition coefficient (Wildman–Crippen LogP) is 5.76. The molecule has 30 heavy (non-hydrogen) atoms. The number of halogens is 2. The van der Waals surface area contributed by atoms with Crippen molar-refractivity contribution in [1.82, 2.24) is 9.89 Å². The van der Waals surface area contributed by atoms with Gasteiger partial charge in [-0.15, -0.1) is 0 Å². The Hall–Kier alpha value is -2.80. The molecule has 0 radical (unpaired) electrons. The molecule has 8 heteroatoms. The number of rotatable bonds is 5. The summed E-state index contributed by atoms with van der Waals surface area (Å²) in [5.74, 6) is 0. The van der Waals surface area contributed by atoms with Crippen molar-refractivity contribution in [3.8, 4) is 22.5 Å². The number of benzene rings is 3.